The number of amides is 1. The number of para-hydroxylation sites is 1. The molecule has 0 saturated carbocycles. The summed E-state index contributed by atoms with van der Waals surface area (Å²) in [6, 6.07) is 22.3. The molecule has 156 valence electrons. The summed E-state index contributed by atoms with van der Waals surface area (Å²) in [6.45, 7) is 2.73. The lowest BCUT2D eigenvalue weighted by molar-refractivity contribution is -0.676. The first kappa shape index (κ1) is 21.5. The standard InChI is InChI=1S/C25H27FN2O2/c1-3-18-11-13-19(14-12-18)25(20-8-6-9-22(26)15-20)28-17-24(29)27-16-21-7-4-5-10-23(21)30-2/h4-15,25,28H,3,16-17H2,1-2H3,(H,27,29)/p+1/t25-/m1/s1. The van der Waals surface area contributed by atoms with Gasteiger partial charge in [-0.1, -0.05) is 61.5 Å². The van der Waals surface area contributed by atoms with Crippen molar-refractivity contribution in [1.82, 2.24) is 5.32 Å². The monoisotopic (exact) mass is 407 g/mol. The Morgan fingerprint density at radius 3 is 2.50 bits per heavy atom. The number of carbonyl (C=O) groups excluding carboxylic acids is 1. The van der Waals surface area contributed by atoms with Gasteiger partial charge in [0.1, 0.15) is 17.6 Å². The number of nitrogens with two attached hydrogens (primary N) is 1. The summed E-state index contributed by atoms with van der Waals surface area (Å²) in [7, 11) is 1.61. The highest BCUT2D eigenvalue weighted by Crippen LogP contribution is 2.20. The van der Waals surface area contributed by atoms with Gasteiger partial charge in [0.25, 0.3) is 5.91 Å². The van der Waals surface area contributed by atoms with E-state index in [0.717, 1.165) is 28.9 Å². The SMILES string of the molecule is CCc1ccc([C@@H]([NH2+]CC(=O)NCc2ccccc2OC)c2cccc(F)c2)cc1. The van der Waals surface area contributed by atoms with E-state index in [1.54, 1.807) is 13.2 Å². The van der Waals surface area contributed by atoms with Gasteiger partial charge in [-0.15, -0.1) is 0 Å². The molecule has 0 radical (unpaired) electrons. The van der Waals surface area contributed by atoms with Gasteiger partial charge in [0, 0.05) is 23.2 Å². The van der Waals surface area contributed by atoms with Crippen LogP contribution in [0, 0.1) is 5.82 Å². The maximum Gasteiger partial charge on any atom is 0.275 e. The number of hydrogen-bond donors (Lipinski definition) is 2. The number of nitrogens with one attached hydrogen (secondary N) is 1. The Kier molecular flexibility index (Phi) is 7.57. The lowest BCUT2D eigenvalue weighted by Crippen LogP contribution is -2.87. The molecule has 3 N–H and O–H groups in total. The second kappa shape index (κ2) is 10.6. The van der Waals surface area contributed by atoms with E-state index < -0.39 is 0 Å². The third-order valence-electron chi connectivity index (χ3n) is 5.16. The summed E-state index contributed by atoms with van der Waals surface area (Å²) < 4.78 is 19.2. The van der Waals surface area contributed by atoms with Gasteiger partial charge >= 0.3 is 0 Å². The van der Waals surface area contributed by atoms with E-state index in [2.05, 4.69) is 36.5 Å². The molecule has 3 rings (SSSR count). The third-order valence-corrected chi connectivity index (χ3v) is 5.16. The number of rotatable bonds is 9. The van der Waals surface area contributed by atoms with Gasteiger partial charge in [-0.25, -0.2) is 4.39 Å². The Morgan fingerprint density at radius 1 is 1.03 bits per heavy atom. The lowest BCUT2D eigenvalue weighted by atomic mass is 9.97. The van der Waals surface area contributed by atoms with Crippen LogP contribution >= 0.6 is 0 Å². The van der Waals surface area contributed by atoms with E-state index in [1.165, 1.54) is 17.7 Å². The number of ether oxygens (including phenoxy) is 1. The minimum atomic E-state index is -0.281. The van der Waals surface area contributed by atoms with Crippen LogP contribution in [0.25, 0.3) is 0 Å². The maximum atomic E-state index is 13.8. The van der Waals surface area contributed by atoms with Crippen molar-refractivity contribution in [1.29, 1.82) is 0 Å². The molecule has 30 heavy (non-hydrogen) atoms. The summed E-state index contributed by atoms with van der Waals surface area (Å²) in [5.74, 6) is 0.375. The van der Waals surface area contributed by atoms with Crippen molar-refractivity contribution in [2.75, 3.05) is 13.7 Å². The molecular weight excluding hydrogens is 379 g/mol. The number of methoxy groups -OCH3 is 1. The zero-order valence-electron chi connectivity index (χ0n) is 17.4. The van der Waals surface area contributed by atoms with Crippen LogP contribution in [-0.2, 0) is 17.8 Å². The minimum Gasteiger partial charge on any atom is -0.496 e. The largest absolute Gasteiger partial charge is 0.496 e. The van der Waals surface area contributed by atoms with Gasteiger partial charge in [0.2, 0.25) is 0 Å². The van der Waals surface area contributed by atoms with Gasteiger partial charge in [-0.05, 0) is 30.2 Å². The van der Waals surface area contributed by atoms with Gasteiger partial charge in [0.15, 0.2) is 6.54 Å². The Balaban J connectivity index is 1.69. The first-order valence-electron chi connectivity index (χ1n) is 10.2. The van der Waals surface area contributed by atoms with Crippen molar-refractivity contribution in [2.24, 2.45) is 0 Å². The smallest absolute Gasteiger partial charge is 0.275 e. The summed E-state index contributed by atoms with van der Waals surface area (Å²) in [4.78, 5) is 12.5. The quantitative estimate of drug-likeness (QED) is 0.572. The van der Waals surface area contributed by atoms with Crippen LogP contribution in [0.4, 0.5) is 4.39 Å². The van der Waals surface area contributed by atoms with Gasteiger partial charge in [-0.2, -0.15) is 0 Å². The zero-order valence-corrected chi connectivity index (χ0v) is 17.4. The molecule has 4 nitrogen and oxygen atoms in total. The fraction of sp³-hybridized carbons (Fsp3) is 0.240. The maximum absolute atomic E-state index is 13.8. The molecule has 0 fully saturated rings. The molecule has 0 aromatic heterocycles. The molecule has 0 unspecified atom stereocenters. The first-order chi connectivity index (χ1) is 14.6. The molecule has 5 heteroatoms. The van der Waals surface area contributed by atoms with Crippen LogP contribution in [0.5, 0.6) is 5.75 Å². The van der Waals surface area contributed by atoms with Gasteiger partial charge < -0.3 is 15.4 Å². The number of halogens is 1. The minimum absolute atomic E-state index is 0.0903. The molecule has 0 saturated heterocycles. The first-order valence-corrected chi connectivity index (χ1v) is 10.2. The molecule has 0 bridgehead atoms. The topological polar surface area (TPSA) is 54.9 Å². The summed E-state index contributed by atoms with van der Waals surface area (Å²) >= 11 is 0. The van der Waals surface area contributed by atoms with E-state index in [-0.39, 0.29) is 24.3 Å². The molecule has 0 aliphatic rings. The van der Waals surface area contributed by atoms with Crippen LogP contribution in [-0.4, -0.2) is 19.6 Å². The van der Waals surface area contributed by atoms with Crippen molar-refractivity contribution in [3.8, 4) is 5.75 Å². The number of benzene rings is 3. The number of carbonyl (C=O) groups is 1. The van der Waals surface area contributed by atoms with Crippen LogP contribution in [0.3, 0.4) is 0 Å². The van der Waals surface area contributed by atoms with E-state index >= 15 is 0 Å². The van der Waals surface area contributed by atoms with Crippen LogP contribution in [0.2, 0.25) is 0 Å². The molecule has 1 amide bonds. The molecular formula is C25H28FN2O2+. The number of hydrogen-bond acceptors (Lipinski definition) is 2. The molecule has 0 aliphatic heterocycles. The summed E-state index contributed by atoms with van der Waals surface area (Å²) in [5.41, 5.74) is 4.03. The highest BCUT2D eigenvalue weighted by Gasteiger charge is 2.20. The average molecular weight is 408 g/mol. The molecule has 0 aliphatic carbocycles. The average Bonchev–Trinajstić information content (AvgIpc) is 2.78. The number of quaternary nitrogens is 1. The van der Waals surface area contributed by atoms with E-state index in [9.17, 15) is 9.18 Å². The Labute approximate surface area is 177 Å². The highest BCUT2D eigenvalue weighted by molar-refractivity contribution is 5.76. The fourth-order valence-electron chi connectivity index (χ4n) is 3.47. The lowest BCUT2D eigenvalue weighted by Gasteiger charge is -2.17. The summed E-state index contributed by atoms with van der Waals surface area (Å²) in [5, 5.41) is 4.88. The molecule has 3 aromatic rings. The second-order valence-electron chi connectivity index (χ2n) is 7.16. The summed E-state index contributed by atoms with van der Waals surface area (Å²) in [6.07, 6.45) is 0.958. The van der Waals surface area contributed by atoms with Crippen molar-refractivity contribution in [3.05, 3.63) is 101 Å². The fourth-order valence-corrected chi connectivity index (χ4v) is 3.47. The number of aryl methyl sites for hydroxylation is 1. The molecule has 1 atom stereocenters. The van der Waals surface area contributed by atoms with Crippen LogP contribution in [0.1, 0.15) is 35.2 Å². The van der Waals surface area contributed by atoms with Crippen molar-refractivity contribution < 1.29 is 19.2 Å². The zero-order chi connectivity index (χ0) is 21.3. The van der Waals surface area contributed by atoms with Crippen molar-refractivity contribution in [3.63, 3.8) is 0 Å². The Bertz CT molecular complexity index is 973. The van der Waals surface area contributed by atoms with E-state index in [1.807, 2.05) is 35.6 Å². The third kappa shape index (κ3) is 5.67. The van der Waals surface area contributed by atoms with Gasteiger partial charge in [0.05, 0.1) is 7.11 Å². The van der Waals surface area contributed by atoms with Gasteiger partial charge in [-0.3, -0.25) is 4.79 Å². The Hall–Kier alpha value is -3.18. The Morgan fingerprint density at radius 2 is 1.80 bits per heavy atom. The van der Waals surface area contributed by atoms with Crippen LogP contribution in [0.15, 0.2) is 72.8 Å². The molecule has 0 heterocycles. The van der Waals surface area contributed by atoms with E-state index in [4.69, 9.17) is 4.74 Å². The molecule has 3 aromatic carbocycles. The normalized spacial score (nSPS) is 11.7. The molecule has 0 spiro atoms. The predicted molar refractivity (Wildman–Crippen MR) is 116 cm³/mol. The second-order valence-corrected chi connectivity index (χ2v) is 7.16. The predicted octanol–water partition coefficient (Wildman–Crippen LogP) is 3.37. The van der Waals surface area contributed by atoms with Crippen molar-refractivity contribution in [2.45, 2.75) is 25.9 Å². The highest BCUT2D eigenvalue weighted by atomic mass is 19.1. The van der Waals surface area contributed by atoms with Crippen molar-refractivity contribution >= 4 is 5.91 Å². The van der Waals surface area contributed by atoms with Crippen LogP contribution < -0.4 is 15.4 Å². The van der Waals surface area contributed by atoms with E-state index in [0.29, 0.717) is 6.54 Å².